The molecule has 22 heavy (non-hydrogen) atoms. The van der Waals surface area contributed by atoms with E-state index in [-0.39, 0.29) is 18.1 Å². The average Bonchev–Trinajstić information content (AvgIpc) is 2.53. The number of Topliss-reactive ketones (excluding diaryl/α,β-unsaturated/α-hetero) is 1. The lowest BCUT2D eigenvalue weighted by Gasteiger charge is -2.18. The molecule has 0 aliphatic carbocycles. The number of carbonyl (C=O) groups is 1. The summed E-state index contributed by atoms with van der Waals surface area (Å²) >= 11 is 3.27. The van der Waals surface area contributed by atoms with Crippen LogP contribution in [-0.4, -0.2) is 24.6 Å². The quantitative estimate of drug-likeness (QED) is 0.827. The van der Waals surface area contributed by atoms with Gasteiger partial charge < -0.3 is 14.6 Å². The Labute approximate surface area is 136 Å². The maximum Gasteiger partial charge on any atom is 0.196 e. The Morgan fingerprint density at radius 1 is 1.32 bits per heavy atom. The van der Waals surface area contributed by atoms with Crippen molar-refractivity contribution in [3.05, 3.63) is 57.6 Å². The first-order valence-corrected chi connectivity index (χ1v) is 7.43. The third-order valence-corrected chi connectivity index (χ3v) is 4.02. The maximum absolute atomic E-state index is 12.5. The predicted molar refractivity (Wildman–Crippen MR) is 86.6 cm³/mol. The molecule has 0 unspecified atom stereocenters. The summed E-state index contributed by atoms with van der Waals surface area (Å²) in [7, 11) is 1.48. The molecule has 1 heterocycles. The van der Waals surface area contributed by atoms with Gasteiger partial charge in [-0.05, 0) is 51.8 Å². The van der Waals surface area contributed by atoms with Crippen LogP contribution in [0.3, 0.4) is 0 Å². The Morgan fingerprint density at radius 2 is 2.09 bits per heavy atom. The van der Waals surface area contributed by atoms with E-state index in [1.807, 2.05) is 12.1 Å². The third kappa shape index (κ3) is 2.60. The van der Waals surface area contributed by atoms with Crippen LogP contribution in [0.2, 0.25) is 0 Å². The van der Waals surface area contributed by atoms with Crippen molar-refractivity contribution < 1.29 is 19.4 Å². The number of ether oxygens (including phenoxy) is 2. The standard InChI is InChI=1S/C17H13BrO4/c1-21-15-8-10(7-13(18)17(15)20)6-11-9-22-14-5-3-2-4-12(14)16(11)19/h2-8,20H,9H2,1H3. The van der Waals surface area contributed by atoms with Crippen LogP contribution in [-0.2, 0) is 0 Å². The van der Waals surface area contributed by atoms with Gasteiger partial charge in [0.15, 0.2) is 17.3 Å². The fraction of sp³-hybridized carbons (Fsp3) is 0.118. The summed E-state index contributed by atoms with van der Waals surface area (Å²) in [6, 6.07) is 10.6. The molecule has 0 aromatic heterocycles. The summed E-state index contributed by atoms with van der Waals surface area (Å²) < 4.78 is 11.2. The van der Waals surface area contributed by atoms with E-state index < -0.39 is 0 Å². The van der Waals surface area contributed by atoms with Gasteiger partial charge in [0.05, 0.1) is 17.1 Å². The summed E-state index contributed by atoms with van der Waals surface area (Å²) in [5.74, 6) is 0.922. The van der Waals surface area contributed by atoms with Gasteiger partial charge in [0, 0.05) is 5.57 Å². The van der Waals surface area contributed by atoms with Crippen molar-refractivity contribution in [1.29, 1.82) is 0 Å². The van der Waals surface area contributed by atoms with Crippen LogP contribution in [0, 0.1) is 0 Å². The van der Waals surface area contributed by atoms with E-state index in [1.54, 1.807) is 30.3 Å². The highest BCUT2D eigenvalue weighted by atomic mass is 79.9. The fourth-order valence-corrected chi connectivity index (χ4v) is 2.77. The fourth-order valence-electron chi connectivity index (χ4n) is 2.32. The number of aromatic hydroxyl groups is 1. The molecule has 2 aromatic rings. The highest BCUT2D eigenvalue weighted by Crippen LogP contribution is 2.36. The number of phenols is 1. The molecule has 3 rings (SSSR count). The number of halogens is 1. The lowest BCUT2D eigenvalue weighted by atomic mass is 9.98. The third-order valence-electron chi connectivity index (χ3n) is 3.42. The van der Waals surface area contributed by atoms with Crippen LogP contribution in [0.4, 0.5) is 0 Å². The maximum atomic E-state index is 12.5. The topological polar surface area (TPSA) is 55.8 Å². The predicted octanol–water partition coefficient (Wildman–Crippen LogP) is 3.82. The average molecular weight is 361 g/mol. The molecule has 0 radical (unpaired) electrons. The van der Waals surface area contributed by atoms with Gasteiger partial charge in [-0.3, -0.25) is 4.79 Å². The molecule has 2 aromatic carbocycles. The van der Waals surface area contributed by atoms with E-state index in [9.17, 15) is 9.90 Å². The van der Waals surface area contributed by atoms with Gasteiger partial charge in [-0.15, -0.1) is 0 Å². The van der Waals surface area contributed by atoms with Crippen molar-refractivity contribution in [2.75, 3.05) is 13.7 Å². The van der Waals surface area contributed by atoms with E-state index in [2.05, 4.69) is 15.9 Å². The van der Waals surface area contributed by atoms with Crippen LogP contribution < -0.4 is 9.47 Å². The highest BCUT2D eigenvalue weighted by molar-refractivity contribution is 9.10. The Balaban J connectivity index is 2.00. The SMILES string of the molecule is COc1cc(C=C2COc3ccccc3C2=O)cc(Br)c1O. The Hall–Kier alpha value is -2.27. The van der Waals surface area contributed by atoms with Crippen molar-refractivity contribution in [2.45, 2.75) is 0 Å². The first kappa shape index (κ1) is 14.7. The Bertz CT molecular complexity index is 780. The summed E-state index contributed by atoms with van der Waals surface area (Å²) in [6.07, 6.45) is 1.74. The zero-order valence-corrected chi connectivity index (χ0v) is 13.4. The number of benzene rings is 2. The number of fused-ring (bicyclic) bond motifs is 1. The lowest BCUT2D eigenvalue weighted by Crippen LogP contribution is -2.18. The van der Waals surface area contributed by atoms with Crippen LogP contribution in [0.1, 0.15) is 15.9 Å². The second-order valence-electron chi connectivity index (χ2n) is 4.84. The van der Waals surface area contributed by atoms with Crippen molar-refractivity contribution >= 4 is 27.8 Å². The second-order valence-corrected chi connectivity index (χ2v) is 5.69. The van der Waals surface area contributed by atoms with Gasteiger partial charge in [-0.25, -0.2) is 0 Å². The molecule has 0 saturated carbocycles. The minimum absolute atomic E-state index is 0.0289. The molecular weight excluding hydrogens is 348 g/mol. The van der Waals surface area contributed by atoms with Gasteiger partial charge in [-0.1, -0.05) is 12.1 Å². The van der Waals surface area contributed by atoms with Gasteiger partial charge in [-0.2, -0.15) is 0 Å². The van der Waals surface area contributed by atoms with E-state index in [0.717, 1.165) is 5.56 Å². The van der Waals surface area contributed by atoms with Crippen molar-refractivity contribution in [1.82, 2.24) is 0 Å². The second kappa shape index (κ2) is 5.85. The van der Waals surface area contributed by atoms with Crippen molar-refractivity contribution in [3.63, 3.8) is 0 Å². The first-order valence-electron chi connectivity index (χ1n) is 6.63. The van der Waals surface area contributed by atoms with Crippen molar-refractivity contribution in [3.8, 4) is 17.2 Å². The van der Waals surface area contributed by atoms with Crippen molar-refractivity contribution in [2.24, 2.45) is 0 Å². The largest absolute Gasteiger partial charge is 0.503 e. The molecule has 5 heteroatoms. The zero-order valence-electron chi connectivity index (χ0n) is 11.8. The zero-order chi connectivity index (χ0) is 15.7. The van der Waals surface area contributed by atoms with E-state index in [4.69, 9.17) is 9.47 Å². The minimum atomic E-state index is -0.0509. The van der Waals surface area contributed by atoms with Crippen LogP contribution in [0.15, 0.2) is 46.4 Å². The molecule has 0 fully saturated rings. The lowest BCUT2D eigenvalue weighted by molar-refractivity contribution is 0.100. The van der Waals surface area contributed by atoms with Gasteiger partial charge in [0.25, 0.3) is 0 Å². The number of ketones is 1. The monoisotopic (exact) mass is 360 g/mol. The smallest absolute Gasteiger partial charge is 0.196 e. The van der Waals surface area contributed by atoms with E-state index in [1.165, 1.54) is 7.11 Å². The van der Waals surface area contributed by atoms with E-state index in [0.29, 0.717) is 27.1 Å². The van der Waals surface area contributed by atoms with Gasteiger partial charge >= 0.3 is 0 Å². The number of para-hydroxylation sites is 1. The highest BCUT2D eigenvalue weighted by Gasteiger charge is 2.22. The number of rotatable bonds is 2. The van der Waals surface area contributed by atoms with Gasteiger partial charge in [0.2, 0.25) is 0 Å². The summed E-state index contributed by atoms with van der Waals surface area (Å²) in [6.45, 7) is 0.219. The molecule has 1 N–H and O–H groups in total. The molecule has 1 aliphatic rings. The molecule has 1 aliphatic heterocycles. The molecular formula is C17H13BrO4. The first-order chi connectivity index (χ1) is 10.6. The van der Waals surface area contributed by atoms with Crippen LogP contribution in [0.5, 0.6) is 17.2 Å². The number of methoxy groups -OCH3 is 1. The summed E-state index contributed by atoms with van der Waals surface area (Å²) in [5.41, 5.74) is 1.86. The molecule has 4 nitrogen and oxygen atoms in total. The number of hydrogen-bond acceptors (Lipinski definition) is 4. The molecule has 0 saturated heterocycles. The summed E-state index contributed by atoms with van der Waals surface area (Å²) in [5, 5.41) is 9.83. The molecule has 0 spiro atoms. The number of phenolic OH excluding ortho intramolecular Hbond substituents is 1. The minimum Gasteiger partial charge on any atom is -0.503 e. The molecule has 0 bridgehead atoms. The number of hydrogen-bond donors (Lipinski definition) is 1. The molecule has 0 amide bonds. The van der Waals surface area contributed by atoms with E-state index >= 15 is 0 Å². The normalized spacial score (nSPS) is 15.4. The molecule has 0 atom stereocenters. The molecule has 112 valence electrons. The number of carbonyl (C=O) groups excluding carboxylic acids is 1. The van der Waals surface area contributed by atoms with Crippen LogP contribution in [0.25, 0.3) is 6.08 Å². The van der Waals surface area contributed by atoms with Gasteiger partial charge in [0.1, 0.15) is 12.4 Å². The summed E-state index contributed by atoms with van der Waals surface area (Å²) in [4.78, 5) is 12.5. The Morgan fingerprint density at radius 3 is 2.86 bits per heavy atom. The Kier molecular flexibility index (Phi) is 3.90. The van der Waals surface area contributed by atoms with Crippen LogP contribution >= 0.6 is 15.9 Å².